The number of nitrogens with zero attached hydrogens (tertiary/aromatic N) is 1. The van der Waals surface area contributed by atoms with Crippen molar-refractivity contribution in [2.24, 2.45) is 4.99 Å². The summed E-state index contributed by atoms with van der Waals surface area (Å²) in [5.74, 6) is 1.29. The van der Waals surface area contributed by atoms with Crippen molar-refractivity contribution in [3.63, 3.8) is 0 Å². The highest BCUT2D eigenvalue weighted by Crippen LogP contribution is 2.24. The molecule has 29 heavy (non-hydrogen) atoms. The molecule has 0 heterocycles. The Bertz CT molecular complexity index is 961. The summed E-state index contributed by atoms with van der Waals surface area (Å²) in [5, 5.41) is 7.07. The minimum atomic E-state index is -3.22. The Balaban J connectivity index is 1.92. The van der Waals surface area contributed by atoms with Gasteiger partial charge in [0.25, 0.3) is 0 Å². The van der Waals surface area contributed by atoms with Crippen LogP contribution in [0.4, 0.5) is 0 Å². The van der Waals surface area contributed by atoms with Crippen LogP contribution in [0.15, 0.2) is 52.4 Å². The van der Waals surface area contributed by atoms with Crippen molar-refractivity contribution in [1.29, 1.82) is 0 Å². The van der Waals surface area contributed by atoms with Crippen LogP contribution in [0.3, 0.4) is 0 Å². The Labute approximate surface area is 178 Å². The number of hydrogen-bond acceptors (Lipinski definition) is 4. The maximum Gasteiger partial charge on any atom is 0.191 e. The number of guanidine groups is 1. The van der Waals surface area contributed by atoms with Crippen molar-refractivity contribution in [3.8, 4) is 5.75 Å². The highest BCUT2D eigenvalue weighted by Gasteiger charge is 2.13. The minimum absolute atomic E-state index is 0.0651. The Kier molecular flexibility index (Phi) is 8.34. The molecule has 1 unspecified atom stereocenters. The van der Waals surface area contributed by atoms with E-state index in [1.165, 1.54) is 6.26 Å². The molecule has 1 atom stereocenters. The third-order valence-corrected chi connectivity index (χ3v) is 5.97. The van der Waals surface area contributed by atoms with Gasteiger partial charge >= 0.3 is 0 Å². The molecule has 0 amide bonds. The molecule has 2 rings (SSSR count). The third-order valence-electron chi connectivity index (χ3n) is 4.41. The van der Waals surface area contributed by atoms with Crippen molar-refractivity contribution in [2.45, 2.75) is 37.8 Å². The van der Waals surface area contributed by atoms with Crippen LogP contribution < -0.4 is 15.4 Å². The molecule has 0 aromatic heterocycles. The van der Waals surface area contributed by atoms with Gasteiger partial charge in [-0.1, -0.05) is 42.8 Å². The third kappa shape index (κ3) is 6.94. The van der Waals surface area contributed by atoms with E-state index in [9.17, 15) is 8.42 Å². The van der Waals surface area contributed by atoms with Crippen LogP contribution in [-0.2, 0) is 16.4 Å². The van der Waals surface area contributed by atoms with Gasteiger partial charge in [-0.2, -0.15) is 0 Å². The fourth-order valence-corrected chi connectivity index (χ4v) is 3.98. The normalized spacial score (nSPS) is 13.1. The van der Waals surface area contributed by atoms with Crippen LogP contribution in [0, 0.1) is 6.92 Å². The van der Waals surface area contributed by atoms with E-state index >= 15 is 0 Å². The van der Waals surface area contributed by atoms with Gasteiger partial charge < -0.3 is 15.4 Å². The second-order valence-electron chi connectivity index (χ2n) is 6.76. The lowest BCUT2D eigenvalue weighted by molar-refractivity contribution is 0.199. The second-order valence-corrected chi connectivity index (χ2v) is 9.15. The topological polar surface area (TPSA) is 79.8 Å². The highest BCUT2D eigenvalue weighted by atomic mass is 35.5. The quantitative estimate of drug-likeness (QED) is 0.487. The van der Waals surface area contributed by atoms with E-state index < -0.39 is 9.84 Å². The number of para-hydroxylation sites is 1. The van der Waals surface area contributed by atoms with Crippen molar-refractivity contribution in [2.75, 3.05) is 19.8 Å². The van der Waals surface area contributed by atoms with E-state index in [4.69, 9.17) is 16.3 Å². The molecule has 0 aliphatic rings. The maximum atomic E-state index is 11.7. The van der Waals surface area contributed by atoms with Crippen molar-refractivity contribution >= 4 is 27.4 Å². The monoisotopic (exact) mass is 437 g/mol. The first kappa shape index (κ1) is 23.0. The highest BCUT2D eigenvalue weighted by molar-refractivity contribution is 7.90. The molecule has 0 spiro atoms. The van der Waals surface area contributed by atoms with Gasteiger partial charge in [-0.05, 0) is 42.7 Å². The number of sulfone groups is 1. The van der Waals surface area contributed by atoms with Crippen LogP contribution >= 0.6 is 11.6 Å². The summed E-state index contributed by atoms with van der Waals surface area (Å²) in [7, 11) is -1.52. The molecule has 2 N–H and O–H groups in total. The number of ether oxygens (including phenoxy) is 1. The predicted octanol–water partition coefficient (Wildman–Crippen LogP) is 3.57. The van der Waals surface area contributed by atoms with E-state index in [1.54, 1.807) is 32.2 Å². The molecule has 0 saturated heterocycles. The second kappa shape index (κ2) is 10.5. The Morgan fingerprint density at radius 1 is 1.21 bits per heavy atom. The van der Waals surface area contributed by atoms with Crippen molar-refractivity contribution in [1.82, 2.24) is 10.6 Å². The molecule has 6 nitrogen and oxygen atoms in total. The van der Waals surface area contributed by atoms with Crippen LogP contribution in [0.1, 0.15) is 24.5 Å². The van der Waals surface area contributed by atoms with Crippen LogP contribution in [0.2, 0.25) is 5.02 Å². The molecule has 2 aromatic carbocycles. The molecule has 0 radical (unpaired) electrons. The molecular weight excluding hydrogens is 410 g/mol. The molecule has 158 valence electrons. The number of nitrogens with one attached hydrogen (secondary N) is 2. The number of aliphatic imine (C=N–C) groups is 1. The largest absolute Gasteiger partial charge is 0.487 e. The van der Waals surface area contributed by atoms with Gasteiger partial charge in [-0.15, -0.1) is 0 Å². The van der Waals surface area contributed by atoms with E-state index in [0.29, 0.717) is 34.7 Å². The summed E-state index contributed by atoms with van der Waals surface area (Å²) >= 11 is 6.17. The molecule has 0 bridgehead atoms. The lowest BCUT2D eigenvalue weighted by Crippen LogP contribution is -2.42. The van der Waals surface area contributed by atoms with Crippen molar-refractivity contribution in [3.05, 3.63) is 58.6 Å². The summed E-state index contributed by atoms with van der Waals surface area (Å²) in [6.45, 7) is 4.93. The molecule has 0 aliphatic heterocycles. The van der Waals surface area contributed by atoms with Crippen LogP contribution in [0.5, 0.6) is 5.75 Å². The number of aryl methyl sites for hydroxylation is 1. The average Bonchev–Trinajstić information content (AvgIpc) is 2.67. The zero-order chi connectivity index (χ0) is 21.4. The first-order valence-corrected chi connectivity index (χ1v) is 11.7. The molecular formula is C21H28ClN3O3S. The first-order valence-electron chi connectivity index (χ1n) is 9.39. The van der Waals surface area contributed by atoms with E-state index in [2.05, 4.69) is 15.6 Å². The van der Waals surface area contributed by atoms with Gasteiger partial charge in [0, 0.05) is 19.8 Å². The fraction of sp³-hybridized carbons (Fsp3) is 0.381. The number of rotatable bonds is 8. The van der Waals surface area contributed by atoms with Gasteiger partial charge in [0.2, 0.25) is 0 Å². The lowest BCUT2D eigenvalue weighted by atomic mass is 10.1. The molecule has 0 saturated carbocycles. The van der Waals surface area contributed by atoms with Gasteiger partial charge in [-0.25, -0.2) is 8.42 Å². The number of benzene rings is 2. The average molecular weight is 438 g/mol. The summed E-state index contributed by atoms with van der Waals surface area (Å²) < 4.78 is 29.5. The maximum absolute atomic E-state index is 11.7. The zero-order valence-electron chi connectivity index (χ0n) is 17.2. The standard InChI is InChI=1S/C21H28ClN3O3S/c1-5-17(28-19-9-7-6-8-18(19)22)14-25-21(23-3)24-13-16-10-11-20(15(2)12-16)29(4,26)27/h6-12,17H,5,13-14H2,1-4H3,(H2,23,24,25). The molecule has 8 heteroatoms. The lowest BCUT2D eigenvalue weighted by Gasteiger charge is -2.20. The SMILES string of the molecule is CCC(CNC(=NC)NCc1ccc(S(C)(=O)=O)c(C)c1)Oc1ccccc1Cl. The summed E-state index contributed by atoms with van der Waals surface area (Å²) in [6, 6.07) is 12.7. The zero-order valence-corrected chi connectivity index (χ0v) is 18.8. The van der Waals surface area contributed by atoms with Gasteiger partial charge in [0.05, 0.1) is 16.5 Å². The minimum Gasteiger partial charge on any atom is -0.487 e. The fourth-order valence-electron chi connectivity index (χ4n) is 2.84. The van der Waals surface area contributed by atoms with Crippen LogP contribution in [-0.4, -0.2) is 40.3 Å². The smallest absolute Gasteiger partial charge is 0.191 e. The van der Waals surface area contributed by atoms with Gasteiger partial charge in [-0.3, -0.25) is 4.99 Å². The molecule has 2 aromatic rings. The predicted molar refractivity (Wildman–Crippen MR) is 119 cm³/mol. The summed E-state index contributed by atoms with van der Waals surface area (Å²) in [5.41, 5.74) is 1.70. The summed E-state index contributed by atoms with van der Waals surface area (Å²) in [6.07, 6.45) is 1.96. The first-order chi connectivity index (χ1) is 13.7. The Hall–Kier alpha value is -2.25. The molecule has 0 aliphatic carbocycles. The summed E-state index contributed by atoms with van der Waals surface area (Å²) in [4.78, 5) is 4.58. The van der Waals surface area contributed by atoms with Gasteiger partial charge in [0.1, 0.15) is 11.9 Å². The van der Waals surface area contributed by atoms with Crippen LogP contribution in [0.25, 0.3) is 0 Å². The Morgan fingerprint density at radius 3 is 2.52 bits per heavy atom. The number of halogens is 1. The van der Waals surface area contributed by atoms with Crippen molar-refractivity contribution < 1.29 is 13.2 Å². The Morgan fingerprint density at radius 2 is 1.93 bits per heavy atom. The van der Waals surface area contributed by atoms with Gasteiger partial charge in [0.15, 0.2) is 15.8 Å². The number of hydrogen-bond donors (Lipinski definition) is 2. The van der Waals surface area contributed by atoms with E-state index in [0.717, 1.165) is 17.5 Å². The van der Waals surface area contributed by atoms with E-state index in [-0.39, 0.29) is 6.10 Å². The van der Waals surface area contributed by atoms with E-state index in [1.807, 2.05) is 31.2 Å². The molecule has 0 fully saturated rings.